The fourth-order valence-corrected chi connectivity index (χ4v) is 2.75. The van der Waals surface area contributed by atoms with E-state index < -0.39 is 5.82 Å². The molecule has 1 atom stereocenters. The summed E-state index contributed by atoms with van der Waals surface area (Å²) in [6, 6.07) is 8.98. The third-order valence-corrected chi connectivity index (χ3v) is 3.96. The van der Waals surface area contributed by atoms with E-state index in [9.17, 15) is 8.78 Å². The van der Waals surface area contributed by atoms with Gasteiger partial charge in [-0.05, 0) is 43.7 Å². The lowest BCUT2D eigenvalue weighted by molar-refractivity contribution is 0.618. The zero-order chi connectivity index (χ0) is 15.6. The Labute approximate surface area is 130 Å². The van der Waals surface area contributed by atoms with Gasteiger partial charge in [-0.3, -0.25) is 0 Å². The van der Waals surface area contributed by atoms with Crippen molar-refractivity contribution in [1.29, 1.82) is 5.26 Å². The van der Waals surface area contributed by atoms with Gasteiger partial charge in [0.15, 0.2) is 0 Å². The largest absolute Gasteiger partial charge is 0.378 e. The van der Waals surface area contributed by atoms with Crippen LogP contribution in [0.15, 0.2) is 34.8 Å². The first-order chi connectivity index (χ1) is 9.92. The van der Waals surface area contributed by atoms with Crippen LogP contribution in [-0.2, 0) is 0 Å². The first-order valence-corrected chi connectivity index (χ1v) is 7.13. The molecule has 2 nitrogen and oxygen atoms in total. The molecule has 0 amide bonds. The molecule has 0 saturated carbocycles. The van der Waals surface area contributed by atoms with Crippen LogP contribution in [0.5, 0.6) is 0 Å². The molecular formula is C16H13BrF2N2. The number of benzene rings is 2. The minimum atomic E-state index is -0.429. The van der Waals surface area contributed by atoms with Gasteiger partial charge >= 0.3 is 0 Å². The first-order valence-electron chi connectivity index (χ1n) is 6.34. The number of halogens is 3. The molecule has 0 aliphatic rings. The van der Waals surface area contributed by atoms with Crippen molar-refractivity contribution < 1.29 is 8.78 Å². The predicted molar refractivity (Wildman–Crippen MR) is 82.0 cm³/mol. The highest BCUT2D eigenvalue weighted by molar-refractivity contribution is 9.10. The van der Waals surface area contributed by atoms with E-state index in [2.05, 4.69) is 21.2 Å². The van der Waals surface area contributed by atoms with E-state index >= 15 is 0 Å². The van der Waals surface area contributed by atoms with Gasteiger partial charge in [0.2, 0.25) is 0 Å². The number of anilines is 1. The Bertz CT molecular complexity index is 723. The summed E-state index contributed by atoms with van der Waals surface area (Å²) in [6.07, 6.45) is 0. The van der Waals surface area contributed by atoms with Gasteiger partial charge in [-0.2, -0.15) is 5.26 Å². The molecule has 0 aliphatic heterocycles. The van der Waals surface area contributed by atoms with Crippen molar-refractivity contribution in [3.63, 3.8) is 0 Å². The van der Waals surface area contributed by atoms with E-state index in [0.29, 0.717) is 15.7 Å². The molecule has 2 aromatic carbocycles. The molecular weight excluding hydrogens is 338 g/mol. The van der Waals surface area contributed by atoms with Crippen LogP contribution in [-0.4, -0.2) is 0 Å². The van der Waals surface area contributed by atoms with E-state index in [4.69, 9.17) is 5.26 Å². The summed E-state index contributed by atoms with van der Waals surface area (Å²) in [7, 11) is 0. The van der Waals surface area contributed by atoms with Crippen molar-refractivity contribution in [2.24, 2.45) is 0 Å². The van der Waals surface area contributed by atoms with Crippen LogP contribution in [0.3, 0.4) is 0 Å². The maximum absolute atomic E-state index is 13.8. The zero-order valence-corrected chi connectivity index (χ0v) is 13.1. The van der Waals surface area contributed by atoms with Crippen LogP contribution >= 0.6 is 15.9 Å². The molecule has 0 radical (unpaired) electrons. The lowest BCUT2D eigenvalue weighted by atomic mass is 10.1. The fourth-order valence-electron chi connectivity index (χ4n) is 2.06. The van der Waals surface area contributed by atoms with Crippen molar-refractivity contribution in [2.75, 3.05) is 5.32 Å². The fraction of sp³-hybridized carbons (Fsp3) is 0.188. The molecule has 0 aliphatic carbocycles. The van der Waals surface area contributed by atoms with Gasteiger partial charge in [-0.15, -0.1) is 0 Å². The highest BCUT2D eigenvalue weighted by Crippen LogP contribution is 2.29. The Kier molecular flexibility index (Phi) is 4.59. The Hall–Kier alpha value is -1.93. The van der Waals surface area contributed by atoms with Crippen molar-refractivity contribution in [3.8, 4) is 6.07 Å². The molecule has 0 bridgehead atoms. The number of nitrogens with one attached hydrogen (secondary N) is 1. The normalized spacial score (nSPS) is 11.8. The van der Waals surface area contributed by atoms with Gasteiger partial charge < -0.3 is 5.32 Å². The van der Waals surface area contributed by atoms with Crippen molar-refractivity contribution in [2.45, 2.75) is 19.9 Å². The minimum Gasteiger partial charge on any atom is -0.378 e. The van der Waals surface area contributed by atoms with Crippen molar-refractivity contribution >= 4 is 21.6 Å². The Morgan fingerprint density at radius 1 is 1.24 bits per heavy atom. The van der Waals surface area contributed by atoms with Crippen LogP contribution < -0.4 is 5.32 Å². The van der Waals surface area contributed by atoms with E-state index in [1.165, 1.54) is 18.2 Å². The Balaban J connectivity index is 2.33. The lowest BCUT2D eigenvalue weighted by Crippen LogP contribution is -2.09. The summed E-state index contributed by atoms with van der Waals surface area (Å²) >= 11 is 3.32. The average molecular weight is 351 g/mol. The second kappa shape index (κ2) is 6.23. The molecule has 0 spiro atoms. The Morgan fingerprint density at radius 2 is 1.95 bits per heavy atom. The highest BCUT2D eigenvalue weighted by atomic mass is 79.9. The number of hydrogen-bond acceptors (Lipinski definition) is 2. The molecule has 0 fully saturated rings. The summed E-state index contributed by atoms with van der Waals surface area (Å²) in [5.74, 6) is -0.756. The molecule has 0 saturated heterocycles. The van der Waals surface area contributed by atoms with Gasteiger partial charge in [0.25, 0.3) is 0 Å². The number of nitrogens with zero attached hydrogens (tertiary/aromatic N) is 1. The molecule has 0 heterocycles. The standard InChI is InChI=1S/C16H13BrF2N2/c1-9-15(19)5-11(8-20)6-16(9)21-10(2)13-4-3-12(18)7-14(13)17/h3-7,10,21H,1-2H3. The zero-order valence-electron chi connectivity index (χ0n) is 11.5. The summed E-state index contributed by atoms with van der Waals surface area (Å²) in [6.45, 7) is 3.53. The molecule has 0 aromatic heterocycles. The lowest BCUT2D eigenvalue weighted by Gasteiger charge is -2.19. The van der Waals surface area contributed by atoms with Crippen molar-refractivity contribution in [3.05, 3.63) is 63.1 Å². The van der Waals surface area contributed by atoms with Gasteiger partial charge in [-0.25, -0.2) is 8.78 Å². The van der Waals surface area contributed by atoms with Crippen LogP contribution in [0.1, 0.15) is 29.7 Å². The maximum atomic E-state index is 13.8. The van der Waals surface area contributed by atoms with Gasteiger partial charge in [-0.1, -0.05) is 22.0 Å². The molecule has 21 heavy (non-hydrogen) atoms. The molecule has 1 N–H and O–H groups in total. The smallest absolute Gasteiger partial charge is 0.129 e. The minimum absolute atomic E-state index is 0.174. The van der Waals surface area contributed by atoms with Gasteiger partial charge in [0, 0.05) is 21.8 Å². The van der Waals surface area contributed by atoms with E-state index in [1.54, 1.807) is 19.1 Å². The topological polar surface area (TPSA) is 35.8 Å². The van der Waals surface area contributed by atoms with Crippen LogP contribution in [0.2, 0.25) is 0 Å². The van der Waals surface area contributed by atoms with Crippen LogP contribution in [0.25, 0.3) is 0 Å². The first kappa shape index (κ1) is 15.5. The third kappa shape index (κ3) is 3.40. The summed E-state index contributed by atoms with van der Waals surface area (Å²) in [5.41, 5.74) is 2.10. The number of hydrogen-bond donors (Lipinski definition) is 1. The predicted octanol–water partition coefficient (Wildman–Crippen LogP) is 5.08. The molecule has 2 aromatic rings. The monoisotopic (exact) mass is 350 g/mol. The van der Waals surface area contributed by atoms with Crippen LogP contribution in [0.4, 0.5) is 14.5 Å². The second-order valence-corrected chi connectivity index (χ2v) is 5.63. The molecule has 108 valence electrons. The van der Waals surface area contributed by atoms with Gasteiger partial charge in [0.1, 0.15) is 11.6 Å². The molecule has 1 unspecified atom stereocenters. The quantitative estimate of drug-likeness (QED) is 0.837. The summed E-state index contributed by atoms with van der Waals surface area (Å²) < 4.78 is 27.5. The van der Waals surface area contributed by atoms with E-state index in [-0.39, 0.29) is 17.4 Å². The number of rotatable bonds is 3. The summed E-state index contributed by atoms with van der Waals surface area (Å²) in [5, 5.41) is 12.1. The van der Waals surface area contributed by atoms with E-state index in [0.717, 1.165) is 5.56 Å². The average Bonchev–Trinajstić information content (AvgIpc) is 2.43. The molecule has 2 rings (SSSR count). The second-order valence-electron chi connectivity index (χ2n) is 4.77. The highest BCUT2D eigenvalue weighted by Gasteiger charge is 2.13. The SMILES string of the molecule is Cc1c(F)cc(C#N)cc1NC(C)c1ccc(F)cc1Br. The van der Waals surface area contributed by atoms with Gasteiger partial charge in [0.05, 0.1) is 11.6 Å². The maximum Gasteiger partial charge on any atom is 0.129 e. The third-order valence-electron chi connectivity index (χ3n) is 3.27. The van der Waals surface area contributed by atoms with Crippen molar-refractivity contribution in [1.82, 2.24) is 0 Å². The van der Waals surface area contributed by atoms with Crippen LogP contribution in [0, 0.1) is 29.9 Å². The Morgan fingerprint density at radius 3 is 2.57 bits per heavy atom. The summed E-state index contributed by atoms with van der Waals surface area (Å²) in [4.78, 5) is 0. The number of nitriles is 1. The molecule has 5 heteroatoms. The van der Waals surface area contributed by atoms with E-state index in [1.807, 2.05) is 13.0 Å².